The van der Waals surface area contributed by atoms with E-state index < -0.39 is 0 Å². The Balaban J connectivity index is 0.938. The molecule has 0 saturated carbocycles. The second kappa shape index (κ2) is 14.7. The van der Waals surface area contributed by atoms with Crippen LogP contribution in [0.5, 0.6) is 0 Å². The van der Waals surface area contributed by atoms with Crippen molar-refractivity contribution in [2.75, 3.05) is 4.90 Å². The summed E-state index contributed by atoms with van der Waals surface area (Å²) in [5, 5.41) is 7.32. The van der Waals surface area contributed by atoms with E-state index in [1.54, 1.807) is 0 Å². The van der Waals surface area contributed by atoms with Gasteiger partial charge in [0.15, 0.2) is 0 Å². The van der Waals surface area contributed by atoms with Crippen LogP contribution in [0.2, 0.25) is 0 Å². The molecule has 0 radical (unpaired) electrons. The molecule has 10 aromatic carbocycles. The fraction of sp³-hybridized carbons (Fsp3) is 0. The van der Waals surface area contributed by atoms with E-state index in [4.69, 9.17) is 4.42 Å². The van der Waals surface area contributed by atoms with Gasteiger partial charge in [-0.05, 0) is 101 Å². The van der Waals surface area contributed by atoms with Gasteiger partial charge in [0.25, 0.3) is 0 Å². The number of para-hydroxylation sites is 3. The summed E-state index contributed by atoms with van der Waals surface area (Å²) in [6, 6.07) is 83.3. The van der Waals surface area contributed by atoms with Crippen molar-refractivity contribution >= 4 is 92.3 Å². The highest BCUT2D eigenvalue weighted by Gasteiger charge is 2.19. The van der Waals surface area contributed by atoms with Crippen molar-refractivity contribution in [1.82, 2.24) is 4.57 Å². The van der Waals surface area contributed by atoms with Gasteiger partial charge in [-0.2, -0.15) is 0 Å². The van der Waals surface area contributed by atoms with Crippen molar-refractivity contribution in [2.45, 2.75) is 0 Å². The van der Waals surface area contributed by atoms with Crippen molar-refractivity contribution in [3.63, 3.8) is 0 Å². The standard InChI is InChI=1S/C60H38N2OS/c1-3-13-40(14-4-1)47-19-11-21-52-54-37-42(29-36-57(54)63-59(47)52)39-25-30-44(31-26-39)61(45-32-27-41(28-33-45)48-20-12-22-53-51-18-8-10-24-58(51)64-60(48)53)46-34-35-50-49-17-7-9-23-55(49)62(56(50)38-46)43-15-5-2-6-16-43/h1-38H. The Kier molecular flexibility index (Phi) is 8.40. The summed E-state index contributed by atoms with van der Waals surface area (Å²) in [5.41, 5.74) is 15.5. The van der Waals surface area contributed by atoms with Crippen LogP contribution in [-0.2, 0) is 0 Å². The Hall–Kier alpha value is -8.18. The molecule has 0 aliphatic rings. The summed E-state index contributed by atoms with van der Waals surface area (Å²) in [5.74, 6) is 0. The van der Waals surface area contributed by atoms with Gasteiger partial charge >= 0.3 is 0 Å². The van der Waals surface area contributed by atoms with E-state index in [2.05, 4.69) is 234 Å². The first-order chi connectivity index (χ1) is 31.7. The summed E-state index contributed by atoms with van der Waals surface area (Å²) in [6.45, 7) is 0. The lowest BCUT2D eigenvalue weighted by Crippen LogP contribution is -2.10. The second-order valence-electron chi connectivity index (χ2n) is 16.5. The number of hydrogen-bond donors (Lipinski definition) is 0. The smallest absolute Gasteiger partial charge is 0.143 e. The number of hydrogen-bond acceptors (Lipinski definition) is 3. The van der Waals surface area contributed by atoms with Crippen molar-refractivity contribution in [3.05, 3.63) is 231 Å². The highest BCUT2D eigenvalue weighted by atomic mass is 32.1. The molecule has 0 N–H and O–H groups in total. The zero-order valence-electron chi connectivity index (χ0n) is 34.7. The molecule has 3 aromatic heterocycles. The van der Waals surface area contributed by atoms with E-state index in [-0.39, 0.29) is 0 Å². The van der Waals surface area contributed by atoms with Crippen LogP contribution in [-0.4, -0.2) is 4.57 Å². The molecule has 300 valence electrons. The van der Waals surface area contributed by atoms with E-state index in [0.717, 1.165) is 72.5 Å². The normalized spacial score (nSPS) is 11.8. The SMILES string of the molecule is c1ccc(-c2cccc3c2oc2ccc(-c4ccc(N(c5ccc(-c6cccc7c6sc6ccccc67)cc5)c5ccc6c7ccccc7n(-c7ccccc7)c6c5)cc4)cc23)cc1. The van der Waals surface area contributed by atoms with Crippen molar-refractivity contribution in [3.8, 4) is 39.1 Å². The lowest BCUT2D eigenvalue weighted by atomic mass is 10.00. The largest absolute Gasteiger partial charge is 0.455 e. The van der Waals surface area contributed by atoms with E-state index in [1.165, 1.54) is 47.6 Å². The summed E-state index contributed by atoms with van der Waals surface area (Å²) < 4.78 is 11.6. The van der Waals surface area contributed by atoms with E-state index >= 15 is 0 Å². The Morgan fingerprint density at radius 3 is 1.75 bits per heavy atom. The first-order valence-corrected chi connectivity index (χ1v) is 22.6. The maximum Gasteiger partial charge on any atom is 0.143 e. The minimum absolute atomic E-state index is 0.889. The third-order valence-electron chi connectivity index (χ3n) is 12.8. The number of thiophene rings is 1. The fourth-order valence-corrected chi connectivity index (χ4v) is 11.0. The third-order valence-corrected chi connectivity index (χ3v) is 14.0. The quantitative estimate of drug-likeness (QED) is 0.159. The third kappa shape index (κ3) is 5.88. The van der Waals surface area contributed by atoms with Crippen LogP contribution in [0.1, 0.15) is 0 Å². The molecule has 0 bridgehead atoms. The van der Waals surface area contributed by atoms with Crippen LogP contribution in [0.15, 0.2) is 235 Å². The molecular weight excluding hydrogens is 797 g/mol. The molecule has 64 heavy (non-hydrogen) atoms. The van der Waals surface area contributed by atoms with Gasteiger partial charge in [-0.1, -0.05) is 158 Å². The predicted octanol–water partition coefficient (Wildman–Crippen LogP) is 17.5. The van der Waals surface area contributed by atoms with Gasteiger partial charge in [0.2, 0.25) is 0 Å². The summed E-state index contributed by atoms with van der Waals surface area (Å²) >= 11 is 1.87. The first kappa shape index (κ1) is 36.5. The Bertz CT molecular complexity index is 3880. The number of nitrogens with zero attached hydrogens (tertiary/aromatic N) is 2. The second-order valence-corrected chi connectivity index (χ2v) is 17.5. The molecule has 0 aliphatic carbocycles. The van der Waals surface area contributed by atoms with E-state index in [0.29, 0.717) is 0 Å². The van der Waals surface area contributed by atoms with Crippen LogP contribution in [0.25, 0.3) is 103 Å². The molecule has 13 aromatic rings. The van der Waals surface area contributed by atoms with Crippen molar-refractivity contribution in [1.29, 1.82) is 0 Å². The molecule has 13 rings (SSSR count). The molecule has 4 heteroatoms. The highest BCUT2D eigenvalue weighted by molar-refractivity contribution is 7.26. The van der Waals surface area contributed by atoms with Crippen LogP contribution in [0.3, 0.4) is 0 Å². The number of fused-ring (bicyclic) bond motifs is 9. The molecule has 0 aliphatic heterocycles. The predicted molar refractivity (Wildman–Crippen MR) is 272 cm³/mol. The molecule has 3 heterocycles. The van der Waals surface area contributed by atoms with Gasteiger partial charge in [-0.3, -0.25) is 0 Å². The molecule has 0 saturated heterocycles. The van der Waals surface area contributed by atoms with Crippen molar-refractivity contribution < 1.29 is 4.42 Å². The number of benzene rings is 10. The van der Waals surface area contributed by atoms with Crippen LogP contribution >= 0.6 is 11.3 Å². The maximum atomic E-state index is 6.53. The van der Waals surface area contributed by atoms with Gasteiger partial charge in [-0.25, -0.2) is 0 Å². The lowest BCUT2D eigenvalue weighted by molar-refractivity contribution is 0.670. The summed E-state index contributed by atoms with van der Waals surface area (Å²) in [4.78, 5) is 2.39. The van der Waals surface area contributed by atoms with Gasteiger partial charge in [0.05, 0.1) is 11.0 Å². The molecule has 0 spiro atoms. The average Bonchev–Trinajstić information content (AvgIpc) is 4.04. The van der Waals surface area contributed by atoms with Crippen LogP contribution < -0.4 is 4.90 Å². The fourth-order valence-electron chi connectivity index (χ4n) is 9.79. The Labute approximate surface area is 373 Å². The average molecular weight is 835 g/mol. The highest BCUT2D eigenvalue weighted by Crippen LogP contribution is 2.44. The monoisotopic (exact) mass is 834 g/mol. The topological polar surface area (TPSA) is 21.3 Å². The van der Waals surface area contributed by atoms with E-state index in [1.807, 2.05) is 17.4 Å². The van der Waals surface area contributed by atoms with Gasteiger partial charge in [0, 0.05) is 70.0 Å². The number of rotatable bonds is 7. The van der Waals surface area contributed by atoms with Crippen LogP contribution in [0, 0.1) is 0 Å². The maximum absolute atomic E-state index is 6.53. The summed E-state index contributed by atoms with van der Waals surface area (Å²) in [6.07, 6.45) is 0. The minimum Gasteiger partial charge on any atom is -0.455 e. The molecular formula is C60H38N2OS. The van der Waals surface area contributed by atoms with Gasteiger partial charge in [-0.15, -0.1) is 11.3 Å². The van der Waals surface area contributed by atoms with E-state index in [9.17, 15) is 0 Å². The number of furan rings is 1. The lowest BCUT2D eigenvalue weighted by Gasteiger charge is -2.26. The number of aromatic nitrogens is 1. The van der Waals surface area contributed by atoms with Gasteiger partial charge < -0.3 is 13.9 Å². The Morgan fingerprint density at radius 1 is 0.359 bits per heavy atom. The number of anilines is 3. The first-order valence-electron chi connectivity index (χ1n) is 21.7. The molecule has 0 unspecified atom stereocenters. The summed E-state index contributed by atoms with van der Waals surface area (Å²) in [7, 11) is 0. The van der Waals surface area contributed by atoms with Crippen molar-refractivity contribution in [2.24, 2.45) is 0 Å². The zero-order chi connectivity index (χ0) is 42.1. The van der Waals surface area contributed by atoms with Crippen LogP contribution in [0.4, 0.5) is 17.1 Å². The molecule has 3 nitrogen and oxygen atoms in total. The molecule has 0 atom stereocenters. The van der Waals surface area contributed by atoms with Gasteiger partial charge in [0.1, 0.15) is 11.2 Å². The Morgan fingerprint density at radius 2 is 0.953 bits per heavy atom. The minimum atomic E-state index is 0.889. The molecule has 0 amide bonds. The molecule has 0 fully saturated rings. The zero-order valence-corrected chi connectivity index (χ0v) is 35.5.